The average molecular weight is 579 g/mol. The van der Waals surface area contributed by atoms with Gasteiger partial charge in [0.05, 0.1) is 30.5 Å². The van der Waals surface area contributed by atoms with Gasteiger partial charge in [-0.15, -0.1) is 0 Å². The van der Waals surface area contributed by atoms with Crippen LogP contribution < -0.4 is 0 Å². The van der Waals surface area contributed by atoms with Gasteiger partial charge in [0.15, 0.2) is 0 Å². The van der Waals surface area contributed by atoms with Crippen LogP contribution in [0.1, 0.15) is 74.1 Å². The molecule has 0 spiro atoms. The molecule has 2 aliphatic heterocycles. The van der Waals surface area contributed by atoms with Crippen molar-refractivity contribution in [1.82, 2.24) is 0 Å². The molecule has 41 heavy (non-hydrogen) atoms. The number of cyclic esters (lactones) is 1. The van der Waals surface area contributed by atoms with Crippen LogP contribution >= 0.6 is 0 Å². The number of esters is 1. The molecular weight excluding hydrogens is 524 g/mol. The molecule has 0 bridgehead atoms. The number of aliphatic hydroxyl groups is 4. The number of aliphatic hydroxyl groups excluding tert-OH is 4. The molecule has 1 fully saturated rings. The second-order valence-corrected chi connectivity index (χ2v) is 12.3. The summed E-state index contributed by atoms with van der Waals surface area (Å²) in [5, 5.41) is 42.7. The zero-order valence-electron chi connectivity index (χ0n) is 26.1. The molecule has 0 radical (unpaired) electrons. The molecule has 0 saturated carbocycles. The Bertz CT molecular complexity index is 940. The van der Waals surface area contributed by atoms with Gasteiger partial charge in [-0.1, -0.05) is 63.6 Å². The Morgan fingerprint density at radius 1 is 0.976 bits per heavy atom. The number of allylic oxidation sites excluding steroid dienone is 4. The predicted octanol–water partition coefficient (Wildman–Crippen LogP) is 4.27. The number of carbonyl (C=O) groups excluding carboxylic acids is 1. The number of hydrogen-bond donors (Lipinski definition) is 4. The number of hydrogen-bond acceptors (Lipinski definition) is 8. The molecule has 0 aromatic rings. The maximum atomic E-state index is 13.1. The van der Waals surface area contributed by atoms with Crippen molar-refractivity contribution in [3.05, 3.63) is 47.6 Å². The first-order valence-corrected chi connectivity index (χ1v) is 15.1. The molecule has 0 aliphatic carbocycles. The van der Waals surface area contributed by atoms with Crippen LogP contribution in [0.2, 0.25) is 0 Å². The minimum Gasteiger partial charge on any atom is -0.458 e. The van der Waals surface area contributed by atoms with Crippen molar-refractivity contribution in [3.8, 4) is 0 Å². The van der Waals surface area contributed by atoms with Gasteiger partial charge in [0.2, 0.25) is 0 Å². The van der Waals surface area contributed by atoms with Gasteiger partial charge in [-0.25, -0.2) is 4.79 Å². The molecule has 0 aromatic heterocycles. The normalized spacial score (nSPS) is 36.7. The van der Waals surface area contributed by atoms with Crippen LogP contribution in [-0.4, -0.2) is 82.3 Å². The first-order valence-electron chi connectivity index (χ1n) is 15.1. The van der Waals surface area contributed by atoms with E-state index in [1.807, 2.05) is 71.9 Å². The number of ether oxygens (including phenoxy) is 3. The lowest BCUT2D eigenvalue weighted by Gasteiger charge is -2.32. The third-order valence-corrected chi connectivity index (χ3v) is 8.84. The van der Waals surface area contributed by atoms with E-state index in [0.717, 1.165) is 5.57 Å². The summed E-state index contributed by atoms with van der Waals surface area (Å²) >= 11 is 0. The Balaban J connectivity index is 2.14. The third kappa shape index (κ3) is 10.8. The van der Waals surface area contributed by atoms with Crippen molar-refractivity contribution in [2.45, 2.75) is 123 Å². The molecule has 2 heterocycles. The SMILES string of the molecule is CO[C@H](C)[C@H](C)[C@H](O)[C@H](C)[C@H](O)CC[C@H](C)[C@@H]1C/C=C/C=C/C[C@@H](O)[C@H]2O[C@@H]2[C@H](O)[C@H](C)/C=C(C)/C=C(\C)C(=O)O1. The minimum atomic E-state index is -0.760. The van der Waals surface area contributed by atoms with Crippen LogP contribution in [0.15, 0.2) is 47.6 Å². The van der Waals surface area contributed by atoms with E-state index < -0.39 is 48.7 Å². The maximum absolute atomic E-state index is 13.1. The lowest BCUT2D eigenvalue weighted by atomic mass is 9.83. The van der Waals surface area contributed by atoms with E-state index in [9.17, 15) is 25.2 Å². The van der Waals surface area contributed by atoms with Crippen LogP contribution in [0.4, 0.5) is 0 Å². The van der Waals surface area contributed by atoms with Crippen molar-refractivity contribution in [1.29, 1.82) is 0 Å². The lowest BCUT2D eigenvalue weighted by Crippen LogP contribution is -2.39. The Kier molecular flexibility index (Phi) is 14.4. The third-order valence-electron chi connectivity index (χ3n) is 8.84. The molecular formula is C33H54O8. The summed E-state index contributed by atoms with van der Waals surface area (Å²) < 4.78 is 16.9. The monoisotopic (exact) mass is 578 g/mol. The van der Waals surface area contributed by atoms with Crippen LogP contribution in [0.25, 0.3) is 0 Å². The molecule has 1 saturated heterocycles. The van der Waals surface area contributed by atoms with Crippen LogP contribution in [0.3, 0.4) is 0 Å². The fourth-order valence-corrected chi connectivity index (χ4v) is 5.41. The fourth-order valence-electron chi connectivity index (χ4n) is 5.41. The summed E-state index contributed by atoms with van der Waals surface area (Å²) in [5.74, 6) is -1.14. The van der Waals surface area contributed by atoms with Gasteiger partial charge in [0.1, 0.15) is 18.3 Å². The van der Waals surface area contributed by atoms with Gasteiger partial charge in [-0.05, 0) is 52.0 Å². The highest BCUT2D eigenvalue weighted by Crippen LogP contribution is 2.34. The van der Waals surface area contributed by atoms with Gasteiger partial charge in [0, 0.05) is 36.9 Å². The largest absolute Gasteiger partial charge is 0.458 e. The summed E-state index contributed by atoms with van der Waals surface area (Å²) in [4.78, 5) is 13.1. The molecule has 0 aromatic carbocycles. The van der Waals surface area contributed by atoms with Gasteiger partial charge < -0.3 is 34.6 Å². The summed E-state index contributed by atoms with van der Waals surface area (Å²) in [6.45, 7) is 13.1. The van der Waals surface area contributed by atoms with Gasteiger partial charge >= 0.3 is 5.97 Å². The van der Waals surface area contributed by atoms with Crippen LogP contribution in [0, 0.1) is 23.7 Å². The van der Waals surface area contributed by atoms with Crippen molar-refractivity contribution >= 4 is 5.97 Å². The van der Waals surface area contributed by atoms with Gasteiger partial charge in [-0.2, -0.15) is 0 Å². The van der Waals surface area contributed by atoms with E-state index in [1.165, 1.54) is 0 Å². The van der Waals surface area contributed by atoms with E-state index in [4.69, 9.17) is 14.2 Å². The highest BCUT2D eigenvalue weighted by Gasteiger charge is 2.49. The molecule has 0 amide bonds. The molecule has 4 N–H and O–H groups in total. The zero-order valence-corrected chi connectivity index (χ0v) is 26.1. The molecule has 8 heteroatoms. The van der Waals surface area contributed by atoms with Crippen molar-refractivity contribution in [2.24, 2.45) is 23.7 Å². The quantitative estimate of drug-likeness (QED) is 0.236. The smallest absolute Gasteiger partial charge is 0.334 e. The van der Waals surface area contributed by atoms with Crippen molar-refractivity contribution < 1.29 is 39.4 Å². The second kappa shape index (κ2) is 16.7. The van der Waals surface area contributed by atoms with E-state index >= 15 is 0 Å². The Labute approximate surface area is 246 Å². The van der Waals surface area contributed by atoms with E-state index in [-0.39, 0.29) is 29.8 Å². The number of fused-ring (bicyclic) bond motifs is 1. The number of epoxide rings is 1. The fraction of sp³-hybridized carbons (Fsp3) is 0.727. The molecule has 0 unspecified atom stereocenters. The van der Waals surface area contributed by atoms with E-state index in [1.54, 1.807) is 20.1 Å². The lowest BCUT2D eigenvalue weighted by molar-refractivity contribution is -0.146. The molecule has 234 valence electrons. The highest BCUT2D eigenvalue weighted by atomic mass is 16.6. The van der Waals surface area contributed by atoms with Crippen molar-refractivity contribution in [2.75, 3.05) is 7.11 Å². The molecule has 2 aliphatic rings. The summed E-state index contributed by atoms with van der Waals surface area (Å²) in [5.41, 5.74) is 1.28. The Morgan fingerprint density at radius 3 is 2.24 bits per heavy atom. The van der Waals surface area contributed by atoms with Gasteiger partial charge in [0.25, 0.3) is 0 Å². The topological polar surface area (TPSA) is 129 Å². The highest BCUT2D eigenvalue weighted by molar-refractivity contribution is 5.88. The average Bonchev–Trinajstić information content (AvgIpc) is 3.74. The van der Waals surface area contributed by atoms with E-state index in [2.05, 4.69) is 0 Å². The molecule has 12 atom stereocenters. The first-order chi connectivity index (χ1) is 19.3. The number of carbonyl (C=O) groups is 1. The minimum absolute atomic E-state index is 0.0436. The predicted molar refractivity (Wildman–Crippen MR) is 160 cm³/mol. The van der Waals surface area contributed by atoms with Crippen LogP contribution in [-0.2, 0) is 19.0 Å². The van der Waals surface area contributed by atoms with Crippen molar-refractivity contribution in [3.63, 3.8) is 0 Å². The number of methoxy groups -OCH3 is 1. The van der Waals surface area contributed by atoms with Gasteiger partial charge in [-0.3, -0.25) is 0 Å². The van der Waals surface area contributed by atoms with E-state index in [0.29, 0.717) is 31.3 Å². The summed E-state index contributed by atoms with van der Waals surface area (Å²) in [7, 11) is 1.61. The second-order valence-electron chi connectivity index (χ2n) is 12.3. The molecule has 2 rings (SSSR count). The Morgan fingerprint density at radius 2 is 1.61 bits per heavy atom. The summed E-state index contributed by atoms with van der Waals surface area (Å²) in [6.07, 6.45) is 8.91. The maximum Gasteiger partial charge on any atom is 0.334 e. The zero-order chi connectivity index (χ0) is 30.9. The van der Waals surface area contributed by atoms with Crippen LogP contribution in [0.5, 0.6) is 0 Å². The first kappa shape index (κ1) is 35.4. The molecule has 8 nitrogen and oxygen atoms in total. The number of rotatable bonds is 9. The summed E-state index contributed by atoms with van der Waals surface area (Å²) in [6, 6.07) is 0. The Hall–Kier alpha value is -1.81. The standard InChI is InChI=1S/C33H54O8/c1-19-17-21(3)29(36)32-31(41-32)27(35)13-11-9-10-12-14-28(40-33(38)22(4)18-19)20(2)15-16-26(34)24(6)30(37)23(5)25(7)39-8/h9-12,17-18,20-21,23-32,34-37H,13-16H2,1-8H3/b11-9+,12-10+,19-17+,22-18+/t20-,21+,23-,24+,25+,26+,27+,28-,29+,30-,31+,32+/m0/s1.